The van der Waals surface area contributed by atoms with Gasteiger partial charge in [0.1, 0.15) is 0 Å². The molecule has 5 nitrogen and oxygen atoms in total. The van der Waals surface area contributed by atoms with Gasteiger partial charge in [-0.15, -0.1) is 0 Å². The topological polar surface area (TPSA) is 47.7 Å². The van der Waals surface area contributed by atoms with Crippen molar-refractivity contribution in [2.45, 2.75) is 33.0 Å². The van der Waals surface area contributed by atoms with Gasteiger partial charge in [0, 0.05) is 24.8 Å². The molecule has 5 heteroatoms. The van der Waals surface area contributed by atoms with Crippen LogP contribution < -0.4 is 5.32 Å². The number of nitrogens with zero attached hydrogens (tertiary/aromatic N) is 4. The van der Waals surface area contributed by atoms with Gasteiger partial charge in [0.15, 0.2) is 0 Å². The number of para-hydroxylation sites is 2. The van der Waals surface area contributed by atoms with Crippen LogP contribution in [0.5, 0.6) is 0 Å². The summed E-state index contributed by atoms with van der Waals surface area (Å²) in [6.45, 7) is 6.90. The zero-order valence-corrected chi connectivity index (χ0v) is 12.5. The zero-order valence-electron chi connectivity index (χ0n) is 12.5. The van der Waals surface area contributed by atoms with Crippen LogP contribution in [0.2, 0.25) is 0 Å². The highest BCUT2D eigenvalue weighted by atomic mass is 15.3. The van der Waals surface area contributed by atoms with Crippen molar-refractivity contribution >= 4 is 11.0 Å². The Hall–Kier alpha value is -2.14. The molecule has 1 N–H and O–H groups in total. The number of nitrogens with one attached hydrogen (secondary N) is 1. The number of benzene rings is 1. The molecule has 2 heterocycles. The molecule has 0 aliphatic rings. The molecule has 0 saturated heterocycles. The molecule has 110 valence electrons. The van der Waals surface area contributed by atoms with Gasteiger partial charge in [0.05, 0.1) is 29.6 Å². The van der Waals surface area contributed by atoms with Crippen molar-refractivity contribution in [3.8, 4) is 0 Å². The lowest BCUT2D eigenvalue weighted by Crippen LogP contribution is -2.24. The fraction of sp³-hybridized carbons (Fsp3) is 0.375. The van der Waals surface area contributed by atoms with Gasteiger partial charge in [-0.2, -0.15) is 5.10 Å². The Morgan fingerprint density at radius 1 is 1.24 bits per heavy atom. The molecule has 0 spiro atoms. The summed E-state index contributed by atoms with van der Waals surface area (Å²) in [5, 5.41) is 7.92. The molecule has 1 aromatic carbocycles. The molecule has 1 unspecified atom stereocenters. The first-order valence-corrected chi connectivity index (χ1v) is 7.47. The molecule has 21 heavy (non-hydrogen) atoms. The van der Waals surface area contributed by atoms with Gasteiger partial charge in [-0.3, -0.25) is 4.68 Å². The minimum Gasteiger partial charge on any atom is -0.329 e. The van der Waals surface area contributed by atoms with Crippen LogP contribution in [-0.2, 0) is 13.1 Å². The van der Waals surface area contributed by atoms with Crippen LogP contribution in [0.25, 0.3) is 11.0 Å². The van der Waals surface area contributed by atoms with Crippen LogP contribution in [0, 0.1) is 0 Å². The van der Waals surface area contributed by atoms with E-state index in [0.29, 0.717) is 0 Å². The third-order valence-electron chi connectivity index (χ3n) is 3.74. The fourth-order valence-corrected chi connectivity index (χ4v) is 2.62. The normalized spacial score (nSPS) is 12.9. The standard InChI is InChI=1S/C16H21N5/c1-3-17-15(13-9-19-21(4-2)10-13)11-20-12-18-14-7-5-6-8-16(14)20/h5-10,12,15,17H,3-4,11H2,1-2H3. The molecule has 0 aliphatic heterocycles. The molecule has 0 amide bonds. The number of aryl methyl sites for hydroxylation is 1. The third kappa shape index (κ3) is 2.83. The summed E-state index contributed by atoms with van der Waals surface area (Å²) in [5.74, 6) is 0. The maximum atomic E-state index is 4.46. The molecule has 2 aromatic heterocycles. The lowest BCUT2D eigenvalue weighted by Gasteiger charge is -2.17. The Morgan fingerprint density at radius 2 is 2.10 bits per heavy atom. The van der Waals surface area contributed by atoms with E-state index in [-0.39, 0.29) is 6.04 Å². The van der Waals surface area contributed by atoms with E-state index < -0.39 is 0 Å². The van der Waals surface area contributed by atoms with Crippen LogP contribution in [0.15, 0.2) is 43.0 Å². The Bertz CT molecular complexity index is 712. The summed E-state index contributed by atoms with van der Waals surface area (Å²) in [4.78, 5) is 4.46. The summed E-state index contributed by atoms with van der Waals surface area (Å²) in [6, 6.07) is 8.47. The van der Waals surface area contributed by atoms with Crippen molar-refractivity contribution in [3.05, 3.63) is 48.5 Å². The summed E-state index contributed by atoms with van der Waals surface area (Å²) >= 11 is 0. The number of hydrogen-bond donors (Lipinski definition) is 1. The maximum absolute atomic E-state index is 4.46. The van der Waals surface area contributed by atoms with Gasteiger partial charge in [-0.25, -0.2) is 4.98 Å². The zero-order chi connectivity index (χ0) is 14.7. The fourth-order valence-electron chi connectivity index (χ4n) is 2.62. The van der Waals surface area contributed by atoms with Crippen LogP contribution in [0.3, 0.4) is 0 Å². The minimum atomic E-state index is 0.243. The second-order valence-corrected chi connectivity index (χ2v) is 5.13. The maximum Gasteiger partial charge on any atom is 0.0958 e. The molecule has 0 radical (unpaired) electrons. The van der Waals surface area contributed by atoms with Gasteiger partial charge in [0.2, 0.25) is 0 Å². The monoisotopic (exact) mass is 283 g/mol. The van der Waals surface area contributed by atoms with Crippen molar-refractivity contribution in [3.63, 3.8) is 0 Å². The predicted molar refractivity (Wildman–Crippen MR) is 84.1 cm³/mol. The molecule has 3 rings (SSSR count). The Balaban J connectivity index is 1.88. The first kappa shape index (κ1) is 13.8. The Morgan fingerprint density at radius 3 is 2.86 bits per heavy atom. The van der Waals surface area contributed by atoms with Crippen molar-refractivity contribution in [2.75, 3.05) is 6.54 Å². The second-order valence-electron chi connectivity index (χ2n) is 5.13. The Labute approximate surface area is 124 Å². The lowest BCUT2D eigenvalue weighted by molar-refractivity contribution is 0.480. The van der Waals surface area contributed by atoms with E-state index in [1.54, 1.807) is 0 Å². The summed E-state index contributed by atoms with van der Waals surface area (Å²) in [6.07, 6.45) is 5.99. The Kier molecular flexibility index (Phi) is 4.01. The van der Waals surface area contributed by atoms with Crippen molar-refractivity contribution in [2.24, 2.45) is 0 Å². The van der Waals surface area contributed by atoms with E-state index in [9.17, 15) is 0 Å². The van der Waals surface area contributed by atoms with E-state index in [4.69, 9.17) is 0 Å². The van der Waals surface area contributed by atoms with Crippen LogP contribution in [0.1, 0.15) is 25.5 Å². The first-order chi connectivity index (χ1) is 10.3. The molecule has 1 atom stereocenters. The van der Waals surface area contributed by atoms with E-state index in [1.165, 1.54) is 11.1 Å². The van der Waals surface area contributed by atoms with Crippen molar-refractivity contribution in [1.29, 1.82) is 0 Å². The average Bonchev–Trinajstić information content (AvgIpc) is 3.14. The van der Waals surface area contributed by atoms with Gasteiger partial charge in [0.25, 0.3) is 0 Å². The van der Waals surface area contributed by atoms with Gasteiger partial charge < -0.3 is 9.88 Å². The summed E-state index contributed by atoms with van der Waals surface area (Å²) < 4.78 is 4.16. The molecule has 0 fully saturated rings. The summed E-state index contributed by atoms with van der Waals surface area (Å²) in [7, 11) is 0. The molecule has 3 aromatic rings. The predicted octanol–water partition coefficient (Wildman–Crippen LogP) is 2.60. The van der Waals surface area contributed by atoms with E-state index in [2.05, 4.69) is 52.1 Å². The number of likely N-dealkylation sites (N-methyl/N-ethyl adjacent to an activating group) is 1. The van der Waals surface area contributed by atoms with Crippen LogP contribution >= 0.6 is 0 Å². The number of rotatable bonds is 6. The minimum absolute atomic E-state index is 0.243. The highest BCUT2D eigenvalue weighted by molar-refractivity contribution is 5.74. The third-order valence-corrected chi connectivity index (χ3v) is 3.74. The molecule has 0 aliphatic carbocycles. The molecular formula is C16H21N5. The highest BCUT2D eigenvalue weighted by Crippen LogP contribution is 2.18. The van der Waals surface area contributed by atoms with Gasteiger partial charge >= 0.3 is 0 Å². The smallest absolute Gasteiger partial charge is 0.0958 e. The highest BCUT2D eigenvalue weighted by Gasteiger charge is 2.14. The van der Waals surface area contributed by atoms with Crippen molar-refractivity contribution < 1.29 is 0 Å². The summed E-state index contributed by atoms with van der Waals surface area (Å²) in [5.41, 5.74) is 3.43. The van der Waals surface area contributed by atoms with Crippen molar-refractivity contribution in [1.82, 2.24) is 24.6 Å². The molecule has 0 saturated carbocycles. The van der Waals surface area contributed by atoms with Gasteiger partial charge in [-0.05, 0) is 25.6 Å². The number of aromatic nitrogens is 4. The molecule has 0 bridgehead atoms. The first-order valence-electron chi connectivity index (χ1n) is 7.47. The van der Waals surface area contributed by atoms with E-state index in [0.717, 1.165) is 25.2 Å². The quantitative estimate of drug-likeness (QED) is 0.756. The van der Waals surface area contributed by atoms with E-state index >= 15 is 0 Å². The largest absolute Gasteiger partial charge is 0.329 e. The van der Waals surface area contributed by atoms with Gasteiger partial charge in [-0.1, -0.05) is 19.1 Å². The SMILES string of the molecule is CCNC(Cn1cnc2ccccc21)c1cnn(CC)c1. The number of imidazole rings is 1. The molecular weight excluding hydrogens is 262 g/mol. The van der Waals surface area contributed by atoms with Crippen LogP contribution in [0.4, 0.5) is 0 Å². The number of fused-ring (bicyclic) bond motifs is 1. The lowest BCUT2D eigenvalue weighted by atomic mass is 10.1. The van der Waals surface area contributed by atoms with Crippen LogP contribution in [-0.4, -0.2) is 25.9 Å². The second kappa shape index (κ2) is 6.10. The number of hydrogen-bond acceptors (Lipinski definition) is 3. The van der Waals surface area contributed by atoms with E-state index in [1.807, 2.05) is 29.3 Å². The average molecular weight is 283 g/mol.